The molecule has 0 saturated heterocycles. The Labute approximate surface area is 99.9 Å². The van der Waals surface area contributed by atoms with Gasteiger partial charge in [0.15, 0.2) is 11.5 Å². The summed E-state index contributed by atoms with van der Waals surface area (Å²) in [6.07, 6.45) is -0.00660. The van der Waals surface area contributed by atoms with Crippen molar-refractivity contribution in [1.29, 1.82) is 0 Å². The second kappa shape index (κ2) is 5.31. The molecule has 0 spiro atoms. The maximum atomic E-state index is 12.1. The average molecular weight is 260 g/mol. The van der Waals surface area contributed by atoms with E-state index < -0.39 is 18.1 Å². The third kappa shape index (κ3) is 3.90. The first-order chi connectivity index (χ1) is 8.33. The van der Waals surface area contributed by atoms with Crippen LogP contribution in [0.5, 0.6) is 11.5 Å². The van der Waals surface area contributed by atoms with E-state index in [1.165, 1.54) is 0 Å². The third-order valence-electron chi connectivity index (χ3n) is 1.73. The van der Waals surface area contributed by atoms with Gasteiger partial charge in [0, 0.05) is 0 Å². The van der Waals surface area contributed by atoms with Gasteiger partial charge in [-0.2, -0.15) is 0 Å². The van der Waals surface area contributed by atoms with Gasteiger partial charge in [-0.25, -0.2) is 4.79 Å². The molecule has 0 fully saturated rings. The third-order valence-corrected chi connectivity index (χ3v) is 1.73. The van der Waals surface area contributed by atoms with Crippen molar-refractivity contribution in [2.24, 2.45) is 0 Å². The SMILES string of the molecule is C#CCOc1cc(C(=O)O)ccc1OC(F)(F)F. The van der Waals surface area contributed by atoms with Crippen LogP contribution in [-0.2, 0) is 0 Å². The van der Waals surface area contributed by atoms with Gasteiger partial charge in [0.25, 0.3) is 0 Å². The van der Waals surface area contributed by atoms with Crippen LogP contribution in [0.15, 0.2) is 18.2 Å². The normalized spacial score (nSPS) is 10.6. The summed E-state index contributed by atoms with van der Waals surface area (Å²) in [5.74, 6) is -0.292. The van der Waals surface area contributed by atoms with Crippen LogP contribution in [0.25, 0.3) is 0 Å². The molecule has 1 aromatic carbocycles. The van der Waals surface area contributed by atoms with Crippen molar-refractivity contribution in [1.82, 2.24) is 0 Å². The van der Waals surface area contributed by atoms with Crippen LogP contribution in [0.4, 0.5) is 13.2 Å². The van der Waals surface area contributed by atoms with Gasteiger partial charge in [0.2, 0.25) is 0 Å². The zero-order valence-electron chi connectivity index (χ0n) is 8.82. The molecule has 0 aliphatic carbocycles. The summed E-state index contributed by atoms with van der Waals surface area (Å²) in [4.78, 5) is 10.7. The molecule has 0 radical (unpaired) electrons. The van der Waals surface area contributed by atoms with Gasteiger partial charge in [-0.3, -0.25) is 0 Å². The molecule has 0 bridgehead atoms. The lowest BCUT2D eigenvalue weighted by atomic mass is 10.2. The Morgan fingerprint density at radius 1 is 1.39 bits per heavy atom. The van der Waals surface area contributed by atoms with E-state index in [4.69, 9.17) is 16.3 Å². The Morgan fingerprint density at radius 2 is 2.06 bits per heavy atom. The first-order valence-corrected chi connectivity index (χ1v) is 4.53. The van der Waals surface area contributed by atoms with Gasteiger partial charge < -0.3 is 14.6 Å². The molecule has 0 saturated carbocycles. The number of carboxylic acids is 1. The number of hydrogen-bond acceptors (Lipinski definition) is 3. The lowest BCUT2D eigenvalue weighted by Gasteiger charge is -2.13. The summed E-state index contributed by atoms with van der Waals surface area (Å²) in [5, 5.41) is 8.70. The number of aromatic carboxylic acids is 1. The van der Waals surface area contributed by atoms with Crippen LogP contribution >= 0.6 is 0 Å². The molecule has 7 heteroatoms. The molecule has 0 unspecified atom stereocenters. The summed E-state index contributed by atoms with van der Waals surface area (Å²) in [6, 6.07) is 2.72. The van der Waals surface area contributed by atoms with Gasteiger partial charge in [0.05, 0.1) is 5.56 Å². The molecular weight excluding hydrogens is 253 g/mol. The van der Waals surface area contributed by atoms with Crippen LogP contribution in [0.3, 0.4) is 0 Å². The maximum absolute atomic E-state index is 12.1. The molecule has 0 heterocycles. The van der Waals surface area contributed by atoms with E-state index in [0.29, 0.717) is 0 Å². The highest BCUT2D eigenvalue weighted by Crippen LogP contribution is 2.33. The van der Waals surface area contributed by atoms with E-state index in [-0.39, 0.29) is 17.9 Å². The molecule has 0 aliphatic rings. The van der Waals surface area contributed by atoms with E-state index in [1.807, 2.05) is 5.92 Å². The topological polar surface area (TPSA) is 55.8 Å². The van der Waals surface area contributed by atoms with Gasteiger partial charge in [0.1, 0.15) is 6.61 Å². The van der Waals surface area contributed by atoms with E-state index in [1.54, 1.807) is 0 Å². The Hall–Kier alpha value is -2.36. The number of alkyl halides is 3. The number of carboxylic acid groups (broad SMARTS) is 1. The summed E-state index contributed by atoms with van der Waals surface area (Å²) in [7, 11) is 0. The zero-order chi connectivity index (χ0) is 13.8. The van der Waals surface area contributed by atoms with Crippen LogP contribution in [0, 0.1) is 12.3 Å². The number of ether oxygens (including phenoxy) is 2. The summed E-state index contributed by atoms with van der Waals surface area (Å²) in [6.45, 7) is -0.308. The molecular formula is C11H7F3O4. The van der Waals surface area contributed by atoms with Gasteiger partial charge in [-0.05, 0) is 18.2 Å². The highest BCUT2D eigenvalue weighted by atomic mass is 19.4. The van der Waals surface area contributed by atoms with Crippen molar-refractivity contribution >= 4 is 5.97 Å². The Bertz CT molecular complexity index is 488. The van der Waals surface area contributed by atoms with E-state index in [9.17, 15) is 18.0 Å². The van der Waals surface area contributed by atoms with Crippen molar-refractivity contribution in [2.75, 3.05) is 6.61 Å². The lowest BCUT2D eigenvalue weighted by Crippen LogP contribution is -2.18. The van der Waals surface area contributed by atoms with Gasteiger partial charge >= 0.3 is 12.3 Å². The van der Waals surface area contributed by atoms with E-state index >= 15 is 0 Å². The Kier molecular flexibility index (Phi) is 4.05. The summed E-state index contributed by atoms with van der Waals surface area (Å²) in [5.41, 5.74) is -0.239. The number of carbonyl (C=O) groups is 1. The monoisotopic (exact) mass is 260 g/mol. The number of terminal acetylenes is 1. The largest absolute Gasteiger partial charge is 0.573 e. The predicted molar refractivity (Wildman–Crippen MR) is 54.4 cm³/mol. The molecule has 0 aliphatic heterocycles. The minimum atomic E-state index is -4.90. The molecule has 1 rings (SSSR count). The standard InChI is InChI=1S/C11H7F3O4/c1-2-5-17-9-6-7(10(15)16)3-4-8(9)18-11(12,13)14/h1,3-4,6H,5H2,(H,15,16). The minimum Gasteiger partial charge on any atom is -0.478 e. The number of benzene rings is 1. The number of rotatable bonds is 4. The first-order valence-electron chi connectivity index (χ1n) is 4.53. The fraction of sp³-hybridized carbons (Fsp3) is 0.182. The van der Waals surface area contributed by atoms with Crippen LogP contribution in [0.2, 0.25) is 0 Å². The maximum Gasteiger partial charge on any atom is 0.573 e. The first kappa shape index (κ1) is 13.7. The molecule has 0 aromatic heterocycles. The highest BCUT2D eigenvalue weighted by Gasteiger charge is 2.32. The van der Waals surface area contributed by atoms with Gasteiger partial charge in [-0.1, -0.05) is 5.92 Å². The molecule has 1 N–H and O–H groups in total. The quantitative estimate of drug-likeness (QED) is 0.844. The van der Waals surface area contributed by atoms with E-state index in [2.05, 4.69) is 4.74 Å². The van der Waals surface area contributed by atoms with Crippen molar-refractivity contribution < 1.29 is 32.5 Å². The second-order valence-corrected chi connectivity index (χ2v) is 3.01. The summed E-state index contributed by atoms with van der Waals surface area (Å²) < 4.78 is 44.7. The molecule has 0 atom stereocenters. The fourth-order valence-corrected chi connectivity index (χ4v) is 1.08. The molecule has 0 amide bonds. The van der Waals surface area contributed by atoms with Crippen LogP contribution in [0.1, 0.15) is 10.4 Å². The Balaban J connectivity index is 3.08. The Morgan fingerprint density at radius 3 is 2.56 bits per heavy atom. The second-order valence-electron chi connectivity index (χ2n) is 3.01. The molecule has 18 heavy (non-hydrogen) atoms. The molecule has 1 aromatic rings. The van der Waals surface area contributed by atoms with Gasteiger partial charge in [-0.15, -0.1) is 19.6 Å². The van der Waals surface area contributed by atoms with Crippen molar-refractivity contribution in [3.05, 3.63) is 23.8 Å². The average Bonchev–Trinajstić information content (AvgIpc) is 2.25. The highest BCUT2D eigenvalue weighted by molar-refractivity contribution is 5.88. The van der Waals surface area contributed by atoms with Crippen molar-refractivity contribution in [3.8, 4) is 23.8 Å². The summed E-state index contributed by atoms with van der Waals surface area (Å²) >= 11 is 0. The van der Waals surface area contributed by atoms with Crippen LogP contribution in [-0.4, -0.2) is 24.0 Å². The minimum absolute atomic E-state index is 0.239. The molecule has 96 valence electrons. The lowest BCUT2D eigenvalue weighted by molar-refractivity contribution is -0.275. The zero-order valence-corrected chi connectivity index (χ0v) is 8.82. The molecule has 4 nitrogen and oxygen atoms in total. The number of hydrogen-bond donors (Lipinski definition) is 1. The van der Waals surface area contributed by atoms with Crippen LogP contribution < -0.4 is 9.47 Å². The van der Waals surface area contributed by atoms with Crippen molar-refractivity contribution in [3.63, 3.8) is 0 Å². The smallest absolute Gasteiger partial charge is 0.478 e. The fourth-order valence-electron chi connectivity index (χ4n) is 1.08. The van der Waals surface area contributed by atoms with Crippen molar-refractivity contribution in [2.45, 2.75) is 6.36 Å². The predicted octanol–water partition coefficient (Wildman–Crippen LogP) is 2.30. The van der Waals surface area contributed by atoms with E-state index in [0.717, 1.165) is 18.2 Å². The number of halogens is 3.